The number of carbonyl (C=O) groups is 2. The fourth-order valence-electron chi connectivity index (χ4n) is 3.77. The average Bonchev–Trinajstić information content (AvgIpc) is 2.74. The lowest BCUT2D eigenvalue weighted by Crippen LogP contribution is -2.46. The van der Waals surface area contributed by atoms with Gasteiger partial charge in [0, 0.05) is 5.70 Å². The number of ether oxygens (including phenoxy) is 1. The van der Waals surface area contributed by atoms with Crippen LogP contribution in [0.4, 0.5) is 10.5 Å². The van der Waals surface area contributed by atoms with Crippen LogP contribution in [-0.4, -0.2) is 18.5 Å². The van der Waals surface area contributed by atoms with Crippen LogP contribution >= 0.6 is 0 Å². The van der Waals surface area contributed by atoms with Gasteiger partial charge in [-0.3, -0.25) is 4.79 Å². The molecule has 1 aliphatic heterocycles. The highest BCUT2D eigenvalue weighted by Gasteiger charge is 2.32. The zero-order valence-corrected chi connectivity index (χ0v) is 16.9. The van der Waals surface area contributed by atoms with Crippen LogP contribution in [0.5, 0.6) is 5.75 Å². The molecular formula is C24H23N3O3. The first-order valence-electron chi connectivity index (χ1n) is 9.87. The molecule has 3 aromatic carbocycles. The van der Waals surface area contributed by atoms with Gasteiger partial charge in [0.2, 0.25) is 0 Å². The fourth-order valence-corrected chi connectivity index (χ4v) is 3.77. The number of anilines is 1. The van der Waals surface area contributed by atoms with Crippen LogP contribution in [0.3, 0.4) is 0 Å². The topological polar surface area (TPSA) is 79.5 Å². The highest BCUT2D eigenvalue weighted by atomic mass is 16.5. The molecule has 0 fully saturated rings. The molecule has 0 spiro atoms. The number of fused-ring (bicyclic) bond motifs is 1. The molecule has 0 radical (unpaired) electrons. The maximum Gasteiger partial charge on any atom is 0.319 e. The Morgan fingerprint density at radius 3 is 2.60 bits per heavy atom. The number of benzene rings is 3. The van der Waals surface area contributed by atoms with Crippen molar-refractivity contribution in [1.82, 2.24) is 10.6 Å². The number of carbonyl (C=O) groups excluding carboxylic acids is 2. The molecule has 1 heterocycles. The predicted molar refractivity (Wildman–Crippen MR) is 117 cm³/mol. The van der Waals surface area contributed by atoms with Gasteiger partial charge < -0.3 is 20.7 Å². The molecule has 1 atom stereocenters. The number of rotatable bonds is 5. The van der Waals surface area contributed by atoms with Crippen molar-refractivity contribution in [3.8, 4) is 5.75 Å². The Hall–Kier alpha value is -3.80. The van der Waals surface area contributed by atoms with E-state index >= 15 is 0 Å². The molecule has 6 nitrogen and oxygen atoms in total. The smallest absolute Gasteiger partial charge is 0.319 e. The van der Waals surface area contributed by atoms with Crippen LogP contribution in [0, 0.1) is 0 Å². The van der Waals surface area contributed by atoms with Crippen molar-refractivity contribution in [2.45, 2.75) is 19.9 Å². The minimum Gasteiger partial charge on any atom is -0.492 e. The molecule has 3 amide bonds. The molecule has 0 aromatic heterocycles. The summed E-state index contributed by atoms with van der Waals surface area (Å²) in [4.78, 5) is 25.6. The summed E-state index contributed by atoms with van der Waals surface area (Å²) in [7, 11) is 0. The van der Waals surface area contributed by atoms with Crippen molar-refractivity contribution < 1.29 is 14.3 Å². The highest BCUT2D eigenvalue weighted by molar-refractivity contribution is 6.08. The van der Waals surface area contributed by atoms with Gasteiger partial charge in [-0.2, -0.15) is 0 Å². The van der Waals surface area contributed by atoms with Gasteiger partial charge in [0.25, 0.3) is 5.91 Å². The first-order chi connectivity index (χ1) is 14.6. The highest BCUT2D eigenvalue weighted by Crippen LogP contribution is 2.33. The second-order valence-electron chi connectivity index (χ2n) is 7.02. The fraction of sp³-hybridized carbons (Fsp3) is 0.167. The molecule has 4 rings (SSSR count). The van der Waals surface area contributed by atoms with E-state index in [1.54, 1.807) is 13.0 Å². The van der Waals surface area contributed by atoms with Gasteiger partial charge in [-0.25, -0.2) is 4.79 Å². The number of allylic oxidation sites excluding steroid dienone is 1. The molecule has 0 unspecified atom stereocenters. The molecular weight excluding hydrogens is 378 g/mol. The zero-order valence-electron chi connectivity index (χ0n) is 16.9. The van der Waals surface area contributed by atoms with E-state index in [1.165, 1.54) is 0 Å². The summed E-state index contributed by atoms with van der Waals surface area (Å²) < 4.78 is 5.62. The molecule has 6 heteroatoms. The van der Waals surface area contributed by atoms with E-state index in [2.05, 4.69) is 16.0 Å². The zero-order chi connectivity index (χ0) is 21.1. The van der Waals surface area contributed by atoms with Gasteiger partial charge in [0.1, 0.15) is 5.75 Å². The molecule has 152 valence electrons. The molecule has 3 N–H and O–H groups in total. The van der Waals surface area contributed by atoms with Crippen molar-refractivity contribution in [1.29, 1.82) is 0 Å². The van der Waals surface area contributed by atoms with Crippen LogP contribution < -0.4 is 20.7 Å². The van der Waals surface area contributed by atoms with Crippen molar-refractivity contribution in [3.63, 3.8) is 0 Å². The molecule has 0 bridgehead atoms. The van der Waals surface area contributed by atoms with Crippen molar-refractivity contribution in [2.24, 2.45) is 0 Å². The number of nitrogens with one attached hydrogen (secondary N) is 3. The number of para-hydroxylation sites is 2. The summed E-state index contributed by atoms with van der Waals surface area (Å²) in [5, 5.41) is 10.6. The summed E-state index contributed by atoms with van der Waals surface area (Å²) in [5.74, 6) is 0.297. The Bertz CT molecular complexity index is 1150. The van der Waals surface area contributed by atoms with Crippen molar-refractivity contribution in [2.75, 3.05) is 11.9 Å². The van der Waals surface area contributed by atoms with Gasteiger partial charge in [-0.15, -0.1) is 0 Å². The van der Waals surface area contributed by atoms with Gasteiger partial charge in [-0.05, 0) is 42.3 Å². The Morgan fingerprint density at radius 2 is 1.77 bits per heavy atom. The normalized spacial score (nSPS) is 16.1. The second kappa shape index (κ2) is 8.29. The molecule has 0 saturated carbocycles. The lowest BCUT2D eigenvalue weighted by atomic mass is 9.91. The summed E-state index contributed by atoms with van der Waals surface area (Å²) in [6, 6.07) is 20.2. The quantitative estimate of drug-likeness (QED) is 0.589. The lowest BCUT2D eigenvalue weighted by molar-refractivity contribution is -0.113. The largest absolute Gasteiger partial charge is 0.492 e. The van der Waals surface area contributed by atoms with Gasteiger partial charge >= 0.3 is 6.03 Å². The van der Waals surface area contributed by atoms with Crippen molar-refractivity contribution >= 4 is 28.4 Å². The van der Waals surface area contributed by atoms with E-state index in [9.17, 15) is 9.59 Å². The van der Waals surface area contributed by atoms with E-state index in [0.717, 1.165) is 16.3 Å². The summed E-state index contributed by atoms with van der Waals surface area (Å²) in [6.07, 6.45) is 0. The van der Waals surface area contributed by atoms with E-state index in [1.807, 2.05) is 67.6 Å². The molecule has 30 heavy (non-hydrogen) atoms. The number of amides is 3. The maximum atomic E-state index is 13.3. The van der Waals surface area contributed by atoms with E-state index in [-0.39, 0.29) is 11.9 Å². The number of hydrogen-bond acceptors (Lipinski definition) is 3. The minimum atomic E-state index is -0.580. The van der Waals surface area contributed by atoms with E-state index in [4.69, 9.17) is 4.74 Å². The third-order valence-corrected chi connectivity index (χ3v) is 5.08. The molecule has 3 aromatic rings. The van der Waals surface area contributed by atoms with Crippen LogP contribution in [0.25, 0.3) is 10.8 Å². The second-order valence-corrected chi connectivity index (χ2v) is 7.02. The first-order valence-corrected chi connectivity index (χ1v) is 9.87. The van der Waals surface area contributed by atoms with E-state index < -0.39 is 6.04 Å². The van der Waals surface area contributed by atoms with Crippen LogP contribution in [0.15, 0.2) is 78.0 Å². The lowest BCUT2D eigenvalue weighted by Gasteiger charge is -2.29. The van der Waals surface area contributed by atoms with Gasteiger partial charge in [0.05, 0.1) is 23.9 Å². The van der Waals surface area contributed by atoms with Crippen molar-refractivity contribution in [3.05, 3.63) is 83.6 Å². The standard InChI is InChI=1S/C24H23N3O3/c1-3-30-20-14-7-6-13-19(20)26-23(28)21-15(2)25-24(29)27-22(21)18-12-8-10-16-9-4-5-11-17(16)18/h4-14,22H,3H2,1-2H3,(H,26,28)(H2,25,27,29)/t22-/m0/s1. The number of urea groups is 1. The first kappa shape index (κ1) is 19.5. The Balaban J connectivity index is 1.75. The maximum absolute atomic E-state index is 13.3. The van der Waals surface area contributed by atoms with Gasteiger partial charge in [0.15, 0.2) is 0 Å². The third-order valence-electron chi connectivity index (χ3n) is 5.08. The van der Waals surface area contributed by atoms with Gasteiger partial charge in [-0.1, -0.05) is 54.6 Å². The molecule has 0 saturated heterocycles. The van der Waals surface area contributed by atoms with Crippen LogP contribution in [0.1, 0.15) is 25.5 Å². The summed E-state index contributed by atoms with van der Waals surface area (Å²) in [6.45, 7) is 4.12. The SMILES string of the molecule is CCOc1ccccc1NC(=O)C1=C(C)NC(=O)N[C@H]1c1cccc2ccccc12. The Kier molecular flexibility index (Phi) is 5.39. The third kappa shape index (κ3) is 3.72. The van der Waals surface area contributed by atoms with Crippen LogP contribution in [0.2, 0.25) is 0 Å². The Morgan fingerprint density at radius 1 is 1.03 bits per heavy atom. The Labute approximate surface area is 174 Å². The monoisotopic (exact) mass is 401 g/mol. The van der Waals surface area contributed by atoms with Crippen LogP contribution in [-0.2, 0) is 4.79 Å². The summed E-state index contributed by atoms with van der Waals surface area (Å²) >= 11 is 0. The summed E-state index contributed by atoms with van der Waals surface area (Å²) in [5.41, 5.74) is 2.42. The number of hydrogen-bond donors (Lipinski definition) is 3. The van der Waals surface area contributed by atoms with E-state index in [0.29, 0.717) is 29.3 Å². The molecule has 0 aliphatic carbocycles. The predicted octanol–water partition coefficient (Wildman–Crippen LogP) is 4.51. The molecule has 1 aliphatic rings. The average molecular weight is 401 g/mol. The minimum absolute atomic E-state index is 0.301.